The number of rotatable bonds is 4. The molecule has 1 heterocycles. The van der Waals surface area contributed by atoms with Gasteiger partial charge in [0.15, 0.2) is 0 Å². The lowest BCUT2D eigenvalue weighted by molar-refractivity contribution is 0.233. The molecule has 0 aliphatic heterocycles. The number of aromatic nitrogens is 1. The van der Waals surface area contributed by atoms with Gasteiger partial charge >= 0.3 is 0 Å². The number of primary sulfonamides is 1. The van der Waals surface area contributed by atoms with Crippen molar-refractivity contribution < 1.29 is 13.2 Å². The van der Waals surface area contributed by atoms with Gasteiger partial charge in [-0.1, -0.05) is 18.2 Å². The van der Waals surface area contributed by atoms with Crippen molar-refractivity contribution in [3.63, 3.8) is 0 Å². The van der Waals surface area contributed by atoms with E-state index in [-0.39, 0.29) is 4.90 Å². The Morgan fingerprint density at radius 2 is 1.70 bits per heavy atom. The van der Waals surface area contributed by atoms with Gasteiger partial charge in [-0.3, -0.25) is 0 Å². The van der Waals surface area contributed by atoms with Crippen LogP contribution in [0.15, 0.2) is 71.6 Å². The summed E-state index contributed by atoms with van der Waals surface area (Å²) in [5.41, 5.74) is 3.43. The lowest BCUT2D eigenvalue weighted by atomic mass is 10.3. The maximum absolute atomic E-state index is 11.1. The van der Waals surface area contributed by atoms with Crippen LogP contribution in [0.3, 0.4) is 0 Å². The highest BCUT2D eigenvalue weighted by atomic mass is 32.2. The van der Waals surface area contributed by atoms with E-state index in [1.807, 2.05) is 50.7 Å². The Balaban J connectivity index is 0.000000511. The Bertz CT molecular complexity index is 829. The highest BCUT2D eigenvalue weighted by Gasteiger charge is 2.06. The highest BCUT2D eigenvalue weighted by molar-refractivity contribution is 7.89. The van der Waals surface area contributed by atoms with Crippen LogP contribution in [-0.2, 0) is 14.8 Å². The maximum atomic E-state index is 11.1. The second-order valence-corrected chi connectivity index (χ2v) is 7.70. The minimum Gasteiger partial charge on any atom is -0.499 e. The number of benzene rings is 1. The van der Waals surface area contributed by atoms with E-state index in [2.05, 4.69) is 26.5 Å². The lowest BCUT2D eigenvalue weighted by Gasteiger charge is -2.03. The van der Waals surface area contributed by atoms with Crippen molar-refractivity contribution >= 4 is 10.0 Å². The molecule has 0 atom stereocenters. The molecule has 2 aromatic rings. The average Bonchev–Trinajstić information content (AvgIpc) is 3.01. The van der Waals surface area contributed by atoms with Gasteiger partial charge in [0.1, 0.15) is 0 Å². The number of aryl methyl sites for hydroxylation is 1. The summed E-state index contributed by atoms with van der Waals surface area (Å²) in [7, 11) is -3.61. The summed E-state index contributed by atoms with van der Waals surface area (Å²) in [6.07, 6.45) is 5.97. The highest BCUT2D eigenvalue weighted by Crippen LogP contribution is 2.13. The Labute approximate surface area is 164 Å². The first-order valence-corrected chi connectivity index (χ1v) is 10.2. The predicted octanol–water partition coefficient (Wildman–Crippen LogP) is 4.96. The molecule has 6 heteroatoms. The number of nitrogens with zero attached hydrogens (tertiary/aromatic N) is 1. The molecule has 0 radical (unpaired) electrons. The molecule has 0 fully saturated rings. The molecule has 0 aliphatic carbocycles. The molecule has 150 valence electrons. The topological polar surface area (TPSA) is 74.3 Å². The van der Waals surface area contributed by atoms with Gasteiger partial charge in [0.2, 0.25) is 10.0 Å². The number of allylic oxidation sites excluding steroid dienone is 3. The number of sulfonamides is 1. The fraction of sp³-hybridized carbons (Fsp3) is 0.333. The van der Waals surface area contributed by atoms with Crippen LogP contribution in [0.5, 0.6) is 0 Å². The summed E-state index contributed by atoms with van der Waals surface area (Å²) in [5, 5.41) is 5.02. The largest absolute Gasteiger partial charge is 0.499 e. The molecule has 27 heavy (non-hydrogen) atoms. The van der Waals surface area contributed by atoms with Gasteiger partial charge in [-0.05, 0) is 77.4 Å². The lowest BCUT2D eigenvalue weighted by Crippen LogP contribution is -2.11. The van der Waals surface area contributed by atoms with E-state index in [0.717, 1.165) is 23.6 Å². The molecule has 0 aliphatic rings. The number of nitrogens with two attached hydrogens (primary N) is 1. The zero-order valence-electron chi connectivity index (χ0n) is 17.2. The average molecular weight is 393 g/mol. The van der Waals surface area contributed by atoms with Crippen molar-refractivity contribution in [2.45, 2.75) is 46.4 Å². The molecular weight excluding hydrogens is 360 g/mol. The third-order valence-corrected chi connectivity index (χ3v) is 4.20. The molecule has 0 unspecified atom stereocenters. The second kappa shape index (κ2) is 12.1. The van der Waals surface area contributed by atoms with Gasteiger partial charge in [-0.2, -0.15) is 0 Å². The fourth-order valence-corrected chi connectivity index (χ4v) is 2.23. The molecule has 0 saturated heterocycles. The summed E-state index contributed by atoms with van der Waals surface area (Å²) < 4.78 is 28.9. The van der Waals surface area contributed by atoms with Crippen LogP contribution < -0.4 is 5.14 Å². The van der Waals surface area contributed by atoms with E-state index in [4.69, 9.17) is 9.88 Å². The maximum Gasteiger partial charge on any atom is 0.238 e. The van der Waals surface area contributed by atoms with E-state index < -0.39 is 10.0 Å². The first kappa shape index (κ1) is 24.7. The van der Waals surface area contributed by atoms with Crippen molar-refractivity contribution in [3.05, 3.63) is 72.3 Å². The van der Waals surface area contributed by atoms with Gasteiger partial charge in [-0.25, -0.2) is 13.6 Å². The van der Waals surface area contributed by atoms with Crippen LogP contribution in [0.25, 0.3) is 5.69 Å². The third-order valence-electron chi connectivity index (χ3n) is 3.27. The van der Waals surface area contributed by atoms with Crippen LogP contribution >= 0.6 is 0 Å². The zero-order valence-corrected chi connectivity index (χ0v) is 18.0. The minimum absolute atomic E-state index is 0.125. The Kier molecular flexibility index (Phi) is 11.1. The van der Waals surface area contributed by atoms with E-state index in [1.165, 1.54) is 17.7 Å². The van der Waals surface area contributed by atoms with Crippen LogP contribution in [0.4, 0.5) is 0 Å². The minimum atomic E-state index is -3.61. The first-order valence-electron chi connectivity index (χ1n) is 8.66. The van der Waals surface area contributed by atoms with E-state index in [1.54, 1.807) is 12.1 Å². The summed E-state index contributed by atoms with van der Waals surface area (Å²) in [5.74, 6) is 0.789. The van der Waals surface area contributed by atoms with Gasteiger partial charge in [0, 0.05) is 18.1 Å². The zero-order chi connectivity index (χ0) is 21.0. The van der Waals surface area contributed by atoms with Crippen molar-refractivity contribution in [2.75, 3.05) is 6.61 Å². The van der Waals surface area contributed by atoms with Crippen LogP contribution in [0.2, 0.25) is 0 Å². The number of hydrogen-bond donors (Lipinski definition) is 1. The molecule has 2 rings (SSSR count). The molecule has 5 nitrogen and oxygen atoms in total. The van der Waals surface area contributed by atoms with Gasteiger partial charge in [-0.15, -0.1) is 0 Å². The van der Waals surface area contributed by atoms with Crippen molar-refractivity contribution in [1.82, 2.24) is 4.57 Å². The third kappa shape index (κ3) is 11.1. The van der Waals surface area contributed by atoms with Gasteiger partial charge in [0.25, 0.3) is 0 Å². The quantitative estimate of drug-likeness (QED) is 0.590. The first-order chi connectivity index (χ1) is 12.5. The second-order valence-electron chi connectivity index (χ2n) is 6.14. The number of hydrogen-bond acceptors (Lipinski definition) is 3. The monoisotopic (exact) mass is 392 g/mol. The summed E-state index contributed by atoms with van der Waals surface area (Å²) in [6, 6.07) is 8.42. The molecular formula is C21H32N2O3S. The predicted molar refractivity (Wildman–Crippen MR) is 113 cm³/mol. The molecule has 1 aromatic heterocycles. The molecule has 0 amide bonds. The number of ether oxygens (including phenoxy) is 1. The van der Waals surface area contributed by atoms with Crippen molar-refractivity contribution in [1.29, 1.82) is 0 Å². The molecule has 1 aromatic carbocycles. The normalized spacial score (nSPS) is 9.89. The fourth-order valence-electron chi connectivity index (χ4n) is 1.72. The summed E-state index contributed by atoms with van der Waals surface area (Å²) in [6.45, 7) is 16.2. The standard InChI is InChI=1S/C11H12N2O2S.C5H10O.C5H10/c1-9-6-7-13(8-9)10-2-4-11(5-3-10)16(12,14)15;1-4-6-5(2)3;1-4-5(2)3/h2-8H,1H3,(H2,12,14,15);2,4H2,1,3H3;4H,1-3H3. The molecule has 2 N–H and O–H groups in total. The Morgan fingerprint density at radius 1 is 1.19 bits per heavy atom. The van der Waals surface area contributed by atoms with E-state index >= 15 is 0 Å². The van der Waals surface area contributed by atoms with Crippen LogP contribution in [0.1, 0.15) is 40.2 Å². The van der Waals surface area contributed by atoms with E-state index in [9.17, 15) is 8.42 Å². The Hall–Kier alpha value is -2.31. The van der Waals surface area contributed by atoms with Gasteiger partial charge < -0.3 is 9.30 Å². The summed E-state index contributed by atoms with van der Waals surface area (Å²) in [4.78, 5) is 0.125. The molecule has 0 spiro atoms. The smallest absolute Gasteiger partial charge is 0.238 e. The molecule has 0 bridgehead atoms. The van der Waals surface area contributed by atoms with E-state index in [0.29, 0.717) is 0 Å². The van der Waals surface area contributed by atoms with Crippen LogP contribution in [0, 0.1) is 6.92 Å². The summed E-state index contributed by atoms with van der Waals surface area (Å²) >= 11 is 0. The van der Waals surface area contributed by atoms with Gasteiger partial charge in [0.05, 0.1) is 17.3 Å². The Morgan fingerprint density at radius 3 is 1.96 bits per heavy atom. The van der Waals surface area contributed by atoms with Crippen molar-refractivity contribution in [2.24, 2.45) is 5.14 Å². The molecule has 0 saturated carbocycles. The van der Waals surface area contributed by atoms with Crippen LogP contribution in [-0.4, -0.2) is 19.6 Å². The van der Waals surface area contributed by atoms with Crippen molar-refractivity contribution in [3.8, 4) is 5.69 Å². The SMILES string of the molecule is C=C(C)OCC.CC=C(C)C.Cc1ccn(-c2ccc(S(N)(=O)=O)cc2)c1.